The Labute approximate surface area is 111 Å². The van der Waals surface area contributed by atoms with Gasteiger partial charge in [-0.2, -0.15) is 0 Å². The fourth-order valence-electron chi connectivity index (χ4n) is 3.34. The van der Waals surface area contributed by atoms with Crippen LogP contribution in [0.1, 0.15) is 51.4 Å². The van der Waals surface area contributed by atoms with Gasteiger partial charge in [0.25, 0.3) is 0 Å². The van der Waals surface area contributed by atoms with E-state index in [0.29, 0.717) is 6.10 Å². The molecule has 1 N–H and O–H groups in total. The van der Waals surface area contributed by atoms with Crippen molar-refractivity contribution in [1.82, 2.24) is 10.2 Å². The molecule has 3 heteroatoms. The number of ether oxygens (including phenoxy) is 1. The molecule has 0 aromatic carbocycles. The minimum atomic E-state index is 0.571. The molecule has 3 fully saturated rings. The Morgan fingerprint density at radius 2 is 1.78 bits per heavy atom. The molecule has 1 heterocycles. The summed E-state index contributed by atoms with van der Waals surface area (Å²) in [6.45, 7) is 4.59. The predicted molar refractivity (Wildman–Crippen MR) is 73.8 cm³/mol. The van der Waals surface area contributed by atoms with E-state index in [4.69, 9.17) is 4.74 Å². The molecular formula is C15H28N2O. The molecule has 0 amide bonds. The monoisotopic (exact) mass is 252 g/mol. The largest absolute Gasteiger partial charge is 0.377 e. The lowest BCUT2D eigenvalue weighted by Gasteiger charge is -2.23. The molecule has 2 saturated carbocycles. The molecule has 1 aliphatic heterocycles. The van der Waals surface area contributed by atoms with Gasteiger partial charge in [0.2, 0.25) is 0 Å². The van der Waals surface area contributed by atoms with E-state index in [0.717, 1.165) is 25.2 Å². The Balaban J connectivity index is 1.26. The Morgan fingerprint density at radius 1 is 0.944 bits per heavy atom. The molecule has 1 saturated heterocycles. The molecule has 3 rings (SSSR count). The molecule has 0 aromatic heterocycles. The fraction of sp³-hybridized carbons (Fsp3) is 1.00. The fourth-order valence-corrected chi connectivity index (χ4v) is 3.34. The molecule has 3 nitrogen and oxygen atoms in total. The maximum absolute atomic E-state index is 6.01. The first-order valence-corrected chi connectivity index (χ1v) is 8.00. The smallest absolute Gasteiger partial charge is 0.0597 e. The summed E-state index contributed by atoms with van der Waals surface area (Å²) in [7, 11) is 0. The molecule has 18 heavy (non-hydrogen) atoms. The second-order valence-corrected chi connectivity index (χ2v) is 6.36. The van der Waals surface area contributed by atoms with Gasteiger partial charge in [-0.25, -0.2) is 0 Å². The summed E-state index contributed by atoms with van der Waals surface area (Å²) in [4.78, 5) is 2.57. The van der Waals surface area contributed by atoms with Crippen LogP contribution < -0.4 is 5.32 Å². The van der Waals surface area contributed by atoms with Gasteiger partial charge in [-0.1, -0.05) is 19.3 Å². The highest BCUT2D eigenvalue weighted by atomic mass is 16.5. The van der Waals surface area contributed by atoms with E-state index >= 15 is 0 Å². The highest BCUT2D eigenvalue weighted by Gasteiger charge is 2.28. The van der Waals surface area contributed by atoms with Gasteiger partial charge in [0.05, 0.1) is 12.7 Å². The van der Waals surface area contributed by atoms with E-state index in [2.05, 4.69) is 10.2 Å². The minimum absolute atomic E-state index is 0.571. The third kappa shape index (κ3) is 3.94. The van der Waals surface area contributed by atoms with Crippen LogP contribution in [0.25, 0.3) is 0 Å². The standard InChI is InChI=1S/C15H28N2O/c1-2-4-15(5-3-1)18-11-10-17-9-8-14(12-17)16-13-6-7-13/h13-16H,1-12H2. The van der Waals surface area contributed by atoms with E-state index in [1.54, 1.807) is 0 Å². The lowest BCUT2D eigenvalue weighted by molar-refractivity contribution is 0.0186. The van der Waals surface area contributed by atoms with E-state index in [-0.39, 0.29) is 0 Å². The van der Waals surface area contributed by atoms with Crippen molar-refractivity contribution in [3.8, 4) is 0 Å². The third-order valence-electron chi connectivity index (χ3n) is 4.63. The van der Waals surface area contributed by atoms with Gasteiger partial charge in [-0.3, -0.25) is 4.90 Å². The quantitative estimate of drug-likeness (QED) is 0.784. The van der Waals surface area contributed by atoms with Crippen molar-refractivity contribution in [1.29, 1.82) is 0 Å². The van der Waals surface area contributed by atoms with Crippen LogP contribution in [0.4, 0.5) is 0 Å². The van der Waals surface area contributed by atoms with Crippen LogP contribution in [0.2, 0.25) is 0 Å². The first kappa shape index (κ1) is 12.9. The average molecular weight is 252 g/mol. The second kappa shape index (κ2) is 6.36. The second-order valence-electron chi connectivity index (χ2n) is 6.36. The van der Waals surface area contributed by atoms with Gasteiger partial charge >= 0.3 is 0 Å². The van der Waals surface area contributed by atoms with E-state index in [1.807, 2.05) is 0 Å². The summed E-state index contributed by atoms with van der Waals surface area (Å²) in [5, 5.41) is 3.74. The zero-order valence-corrected chi connectivity index (χ0v) is 11.6. The highest BCUT2D eigenvalue weighted by Crippen LogP contribution is 2.22. The van der Waals surface area contributed by atoms with Crippen molar-refractivity contribution in [2.45, 2.75) is 69.6 Å². The first-order chi connectivity index (χ1) is 8.90. The van der Waals surface area contributed by atoms with Crippen LogP contribution in [0.5, 0.6) is 0 Å². The molecule has 2 aliphatic carbocycles. The molecule has 104 valence electrons. The van der Waals surface area contributed by atoms with Gasteiger partial charge < -0.3 is 10.1 Å². The number of hydrogen-bond donors (Lipinski definition) is 1. The van der Waals surface area contributed by atoms with Crippen molar-refractivity contribution in [2.24, 2.45) is 0 Å². The average Bonchev–Trinajstić information content (AvgIpc) is 3.10. The number of rotatable bonds is 6. The molecule has 3 aliphatic rings. The Kier molecular flexibility index (Phi) is 4.55. The summed E-state index contributed by atoms with van der Waals surface area (Å²) < 4.78 is 6.01. The number of nitrogens with zero attached hydrogens (tertiary/aromatic N) is 1. The normalized spacial score (nSPS) is 31.0. The maximum Gasteiger partial charge on any atom is 0.0597 e. The van der Waals surface area contributed by atoms with Gasteiger partial charge in [0, 0.05) is 25.2 Å². The van der Waals surface area contributed by atoms with E-state index in [1.165, 1.54) is 64.5 Å². The van der Waals surface area contributed by atoms with Gasteiger partial charge in [0.15, 0.2) is 0 Å². The number of nitrogens with one attached hydrogen (secondary N) is 1. The highest BCUT2D eigenvalue weighted by molar-refractivity contribution is 4.89. The van der Waals surface area contributed by atoms with E-state index < -0.39 is 0 Å². The number of likely N-dealkylation sites (tertiary alicyclic amines) is 1. The Hall–Kier alpha value is -0.120. The number of hydrogen-bond acceptors (Lipinski definition) is 3. The van der Waals surface area contributed by atoms with Gasteiger partial charge in [0.1, 0.15) is 0 Å². The summed E-state index contributed by atoms with van der Waals surface area (Å²) in [5.74, 6) is 0. The molecule has 1 unspecified atom stereocenters. The SMILES string of the molecule is C1CCC(OCCN2CCC(NC3CC3)C2)CC1. The van der Waals surface area contributed by atoms with Crippen LogP contribution in [0.15, 0.2) is 0 Å². The van der Waals surface area contributed by atoms with Gasteiger partial charge in [-0.15, -0.1) is 0 Å². The molecule has 0 bridgehead atoms. The van der Waals surface area contributed by atoms with Gasteiger partial charge in [-0.05, 0) is 38.6 Å². The van der Waals surface area contributed by atoms with Crippen LogP contribution in [0, 0.1) is 0 Å². The molecule has 1 atom stereocenters. The Bertz CT molecular complexity index is 249. The lowest BCUT2D eigenvalue weighted by atomic mass is 9.98. The van der Waals surface area contributed by atoms with Crippen molar-refractivity contribution in [3.63, 3.8) is 0 Å². The van der Waals surface area contributed by atoms with Crippen molar-refractivity contribution in [3.05, 3.63) is 0 Å². The Morgan fingerprint density at radius 3 is 2.56 bits per heavy atom. The zero-order valence-electron chi connectivity index (χ0n) is 11.6. The van der Waals surface area contributed by atoms with Crippen LogP contribution in [-0.2, 0) is 4.74 Å². The molecule has 0 aromatic rings. The van der Waals surface area contributed by atoms with Crippen LogP contribution in [0.3, 0.4) is 0 Å². The summed E-state index contributed by atoms with van der Waals surface area (Å²) in [6, 6.07) is 1.61. The van der Waals surface area contributed by atoms with E-state index in [9.17, 15) is 0 Å². The lowest BCUT2D eigenvalue weighted by Crippen LogP contribution is -2.35. The summed E-state index contributed by atoms with van der Waals surface area (Å²) >= 11 is 0. The molecular weight excluding hydrogens is 224 g/mol. The predicted octanol–water partition coefficient (Wildman–Crippen LogP) is 2.16. The first-order valence-electron chi connectivity index (χ1n) is 8.00. The third-order valence-corrected chi connectivity index (χ3v) is 4.63. The van der Waals surface area contributed by atoms with Crippen molar-refractivity contribution in [2.75, 3.05) is 26.2 Å². The maximum atomic E-state index is 6.01. The summed E-state index contributed by atoms with van der Waals surface area (Å²) in [6.07, 6.45) is 11.5. The van der Waals surface area contributed by atoms with Crippen LogP contribution >= 0.6 is 0 Å². The van der Waals surface area contributed by atoms with Crippen molar-refractivity contribution < 1.29 is 4.74 Å². The molecule has 0 radical (unpaired) electrons. The van der Waals surface area contributed by atoms with Crippen LogP contribution in [-0.4, -0.2) is 49.3 Å². The minimum Gasteiger partial charge on any atom is -0.377 e. The summed E-state index contributed by atoms with van der Waals surface area (Å²) in [5.41, 5.74) is 0. The zero-order chi connectivity index (χ0) is 12.2. The topological polar surface area (TPSA) is 24.5 Å². The molecule has 0 spiro atoms. The van der Waals surface area contributed by atoms with Crippen molar-refractivity contribution >= 4 is 0 Å².